The zero-order chi connectivity index (χ0) is 23.1. The quantitative estimate of drug-likeness (QED) is 0.712. The summed E-state index contributed by atoms with van der Waals surface area (Å²) in [6.45, 7) is 5.78. The van der Waals surface area contributed by atoms with Crippen molar-refractivity contribution in [1.82, 2.24) is 18.8 Å². The number of nitrogens with one attached hydrogen (secondary N) is 1. The molecule has 1 aliphatic heterocycles. The minimum Gasteiger partial charge on any atom is -0.353 e. The van der Waals surface area contributed by atoms with Gasteiger partial charge >= 0.3 is 5.69 Å². The van der Waals surface area contributed by atoms with E-state index in [4.69, 9.17) is 0 Å². The highest BCUT2D eigenvalue weighted by atomic mass is 32.2. The molecule has 0 unspecified atom stereocenters. The first-order chi connectivity index (χ1) is 14.5. The molecule has 5 atom stereocenters. The van der Waals surface area contributed by atoms with Crippen molar-refractivity contribution >= 4 is 15.9 Å². The maximum absolute atomic E-state index is 13.7. The third kappa shape index (κ3) is 4.24. The van der Waals surface area contributed by atoms with Crippen LogP contribution in [0.5, 0.6) is 0 Å². The maximum atomic E-state index is 13.7. The van der Waals surface area contributed by atoms with Crippen molar-refractivity contribution in [3.05, 3.63) is 27.0 Å². The van der Waals surface area contributed by atoms with Crippen molar-refractivity contribution in [3.63, 3.8) is 0 Å². The Balaban J connectivity index is 2.02. The molecule has 1 aromatic rings. The predicted octanol–water partition coefficient (Wildman–Crippen LogP) is 0.957. The summed E-state index contributed by atoms with van der Waals surface area (Å²) in [4.78, 5) is 37.4. The third-order valence-corrected chi connectivity index (χ3v) is 8.98. The van der Waals surface area contributed by atoms with Crippen LogP contribution < -0.4 is 16.6 Å². The molecule has 1 saturated heterocycles. The molecule has 2 fully saturated rings. The molecule has 1 N–H and O–H groups in total. The van der Waals surface area contributed by atoms with Crippen LogP contribution >= 0.6 is 0 Å². The first kappa shape index (κ1) is 23.7. The van der Waals surface area contributed by atoms with Gasteiger partial charge < -0.3 is 9.88 Å². The first-order valence-electron chi connectivity index (χ1n) is 11.1. The van der Waals surface area contributed by atoms with Gasteiger partial charge in [0.15, 0.2) is 4.90 Å². The van der Waals surface area contributed by atoms with Crippen LogP contribution in [0.1, 0.15) is 59.3 Å². The van der Waals surface area contributed by atoms with Crippen molar-refractivity contribution in [2.75, 3.05) is 0 Å². The van der Waals surface area contributed by atoms with Crippen LogP contribution in [0.3, 0.4) is 0 Å². The second-order valence-electron chi connectivity index (χ2n) is 9.11. The summed E-state index contributed by atoms with van der Waals surface area (Å²) >= 11 is 0. The monoisotopic (exact) mass is 454 g/mol. The molecule has 1 amide bonds. The average Bonchev–Trinajstić information content (AvgIpc) is 2.73. The van der Waals surface area contributed by atoms with E-state index < -0.39 is 32.2 Å². The van der Waals surface area contributed by atoms with Gasteiger partial charge in [-0.05, 0) is 45.4 Å². The lowest BCUT2D eigenvalue weighted by Crippen LogP contribution is -2.60. The minimum atomic E-state index is -4.14. The smallest absolute Gasteiger partial charge is 0.330 e. The van der Waals surface area contributed by atoms with Crippen molar-refractivity contribution in [2.45, 2.75) is 82.3 Å². The van der Waals surface area contributed by atoms with Gasteiger partial charge in [0.1, 0.15) is 0 Å². The van der Waals surface area contributed by atoms with E-state index in [1.807, 2.05) is 13.8 Å². The van der Waals surface area contributed by atoms with Crippen molar-refractivity contribution < 1.29 is 13.2 Å². The molecule has 10 heteroatoms. The second kappa shape index (κ2) is 8.90. The molecular weight excluding hydrogens is 420 g/mol. The number of aromatic nitrogens is 2. The van der Waals surface area contributed by atoms with E-state index in [9.17, 15) is 22.8 Å². The summed E-state index contributed by atoms with van der Waals surface area (Å²) in [5.74, 6) is -0.336. The fraction of sp³-hybridized carbons (Fsp3) is 0.762. The van der Waals surface area contributed by atoms with E-state index in [1.165, 1.54) is 18.4 Å². The number of hydrogen-bond donors (Lipinski definition) is 1. The van der Waals surface area contributed by atoms with Gasteiger partial charge in [0, 0.05) is 44.3 Å². The Morgan fingerprint density at radius 2 is 1.87 bits per heavy atom. The summed E-state index contributed by atoms with van der Waals surface area (Å²) in [7, 11) is -1.43. The van der Waals surface area contributed by atoms with Gasteiger partial charge in [-0.3, -0.25) is 14.2 Å². The zero-order valence-electron chi connectivity index (χ0n) is 19.0. The summed E-state index contributed by atoms with van der Waals surface area (Å²) in [5.41, 5.74) is -1.40. The number of hydrogen-bond acceptors (Lipinski definition) is 5. The van der Waals surface area contributed by atoms with E-state index in [0.717, 1.165) is 41.0 Å². The second-order valence-corrected chi connectivity index (χ2v) is 10.9. The lowest BCUT2D eigenvalue weighted by Gasteiger charge is -2.49. The van der Waals surface area contributed by atoms with Gasteiger partial charge in [0.2, 0.25) is 5.91 Å². The molecule has 31 heavy (non-hydrogen) atoms. The van der Waals surface area contributed by atoms with Crippen molar-refractivity contribution in [1.29, 1.82) is 0 Å². The molecule has 0 bridgehead atoms. The Morgan fingerprint density at radius 1 is 1.23 bits per heavy atom. The number of fused-ring (bicyclic) bond motifs is 1. The Morgan fingerprint density at radius 3 is 2.52 bits per heavy atom. The molecular formula is C21H34N4O5S. The highest BCUT2D eigenvalue weighted by Gasteiger charge is 2.50. The van der Waals surface area contributed by atoms with Crippen LogP contribution in [0.25, 0.3) is 0 Å². The minimum absolute atomic E-state index is 0.00632. The van der Waals surface area contributed by atoms with Crippen LogP contribution in [0.4, 0.5) is 0 Å². The summed E-state index contributed by atoms with van der Waals surface area (Å²) in [6.07, 6.45) is 5.64. The van der Waals surface area contributed by atoms with Crippen LogP contribution in [0.2, 0.25) is 0 Å². The Hall–Kier alpha value is -1.94. The summed E-state index contributed by atoms with van der Waals surface area (Å²) in [6, 6.07) is -0.698. The number of carbonyl (C=O) groups excluding carboxylic acids is 1. The number of nitrogens with zero attached hydrogens (tertiary/aromatic N) is 3. The van der Waals surface area contributed by atoms with Gasteiger partial charge in [-0.25, -0.2) is 13.2 Å². The van der Waals surface area contributed by atoms with Gasteiger partial charge in [-0.1, -0.05) is 19.8 Å². The molecule has 3 rings (SSSR count). The number of piperidine rings is 1. The van der Waals surface area contributed by atoms with Crippen LogP contribution in [-0.2, 0) is 28.9 Å². The highest BCUT2D eigenvalue weighted by Crippen LogP contribution is 2.43. The molecule has 174 valence electrons. The van der Waals surface area contributed by atoms with Gasteiger partial charge in [0.25, 0.3) is 15.6 Å². The maximum Gasteiger partial charge on any atom is 0.330 e. The molecule has 9 nitrogen and oxygen atoms in total. The number of sulfonamides is 1. The zero-order valence-corrected chi connectivity index (χ0v) is 19.8. The predicted molar refractivity (Wildman–Crippen MR) is 117 cm³/mol. The standard InChI is InChI=1S/C21H34N4O5S/c1-6-13(2)22-19(26)16-11-14(3)25(17-10-8-7-9-15(16)17)31(29,30)18-12-23(4)21(28)24(5)20(18)27/h12-17H,6-11H2,1-5H3,(H,22,26)/t13-,14-,15-,16+,17+/m0/s1. The van der Waals surface area contributed by atoms with Crippen molar-refractivity contribution in [3.8, 4) is 0 Å². The average molecular weight is 455 g/mol. The van der Waals surface area contributed by atoms with Gasteiger partial charge in [-0.15, -0.1) is 0 Å². The Kier molecular flexibility index (Phi) is 6.81. The number of aryl methyl sites for hydroxylation is 1. The third-order valence-electron chi connectivity index (χ3n) is 6.96. The molecule has 2 aliphatic rings. The molecule has 1 saturated carbocycles. The van der Waals surface area contributed by atoms with E-state index in [2.05, 4.69) is 5.32 Å². The highest BCUT2D eigenvalue weighted by molar-refractivity contribution is 7.89. The molecule has 2 heterocycles. The number of rotatable bonds is 5. The fourth-order valence-electron chi connectivity index (χ4n) is 5.13. The first-order valence-corrected chi connectivity index (χ1v) is 12.5. The lowest BCUT2D eigenvalue weighted by atomic mass is 9.70. The number of carbonyl (C=O) groups is 1. The summed E-state index contributed by atoms with van der Waals surface area (Å²) < 4.78 is 30.8. The molecule has 1 aliphatic carbocycles. The van der Waals surface area contributed by atoms with E-state index in [-0.39, 0.29) is 29.8 Å². The molecule has 0 spiro atoms. The van der Waals surface area contributed by atoms with E-state index >= 15 is 0 Å². The van der Waals surface area contributed by atoms with Crippen LogP contribution in [0, 0.1) is 11.8 Å². The molecule has 0 aromatic carbocycles. The fourth-order valence-corrected chi connectivity index (χ4v) is 7.19. The van der Waals surface area contributed by atoms with Gasteiger partial charge in [0.05, 0.1) is 0 Å². The van der Waals surface area contributed by atoms with Crippen LogP contribution in [-0.4, -0.2) is 45.9 Å². The largest absolute Gasteiger partial charge is 0.353 e. The molecule has 0 radical (unpaired) electrons. The SMILES string of the molecule is CC[C@H](C)NC(=O)[C@@H]1C[C@H](C)N(S(=O)(=O)c2cn(C)c(=O)n(C)c2=O)[C@@H]2CCCC[C@H]21. The van der Waals surface area contributed by atoms with Crippen molar-refractivity contribution in [2.24, 2.45) is 25.9 Å². The van der Waals surface area contributed by atoms with Gasteiger partial charge in [-0.2, -0.15) is 4.31 Å². The molecule has 1 aromatic heterocycles. The van der Waals surface area contributed by atoms with E-state index in [1.54, 1.807) is 6.92 Å². The Labute approximate surface area is 183 Å². The summed E-state index contributed by atoms with van der Waals surface area (Å²) in [5, 5.41) is 3.07. The Bertz CT molecular complexity index is 1060. The van der Waals surface area contributed by atoms with E-state index in [0.29, 0.717) is 12.8 Å². The topological polar surface area (TPSA) is 110 Å². The lowest BCUT2D eigenvalue weighted by molar-refractivity contribution is -0.131. The normalized spacial score (nSPS) is 28.0. The van der Waals surface area contributed by atoms with Crippen LogP contribution in [0.15, 0.2) is 20.7 Å². The number of amides is 1.